The Morgan fingerprint density at radius 2 is 2.25 bits per heavy atom. The van der Waals surface area contributed by atoms with Crippen molar-refractivity contribution >= 4 is 5.69 Å². The van der Waals surface area contributed by atoms with Crippen LogP contribution in [0.5, 0.6) is 0 Å². The van der Waals surface area contributed by atoms with Crippen LogP contribution in [-0.2, 0) is 0 Å². The van der Waals surface area contributed by atoms with Crippen LogP contribution in [0.25, 0.3) is 0 Å². The van der Waals surface area contributed by atoms with E-state index in [0.717, 1.165) is 25.2 Å². The van der Waals surface area contributed by atoms with Gasteiger partial charge in [0.1, 0.15) is 5.82 Å². The summed E-state index contributed by atoms with van der Waals surface area (Å²) >= 11 is 0. The number of halogens is 1. The number of hydrogen-bond acceptors (Lipinski definition) is 2. The molecule has 16 heavy (non-hydrogen) atoms. The van der Waals surface area contributed by atoms with E-state index in [-0.39, 0.29) is 5.82 Å². The van der Waals surface area contributed by atoms with E-state index in [1.807, 2.05) is 6.07 Å². The van der Waals surface area contributed by atoms with E-state index in [9.17, 15) is 4.39 Å². The molecular formula is C13H19FN2. The minimum absolute atomic E-state index is 0.177. The van der Waals surface area contributed by atoms with E-state index in [1.165, 1.54) is 6.07 Å². The Morgan fingerprint density at radius 3 is 2.88 bits per heavy atom. The highest BCUT2D eigenvalue weighted by Crippen LogP contribution is 2.18. The first-order chi connectivity index (χ1) is 7.65. The number of hydrogen-bond donors (Lipinski definition) is 1. The molecule has 88 valence electrons. The van der Waals surface area contributed by atoms with Gasteiger partial charge in [0.15, 0.2) is 0 Å². The zero-order valence-electron chi connectivity index (χ0n) is 9.91. The van der Waals surface area contributed by atoms with Gasteiger partial charge in [0.25, 0.3) is 0 Å². The Bertz CT molecular complexity index is 352. The Morgan fingerprint density at radius 1 is 1.44 bits per heavy atom. The van der Waals surface area contributed by atoms with Gasteiger partial charge in [0.05, 0.1) is 0 Å². The fraction of sp³-hybridized carbons (Fsp3) is 0.538. The van der Waals surface area contributed by atoms with Gasteiger partial charge in [-0.05, 0) is 38.5 Å². The average molecular weight is 222 g/mol. The molecule has 3 heteroatoms. The van der Waals surface area contributed by atoms with Crippen LogP contribution in [0.1, 0.15) is 20.3 Å². The molecule has 1 aliphatic rings. The lowest BCUT2D eigenvalue weighted by Gasteiger charge is -2.20. The van der Waals surface area contributed by atoms with E-state index in [1.54, 1.807) is 12.1 Å². The molecule has 2 nitrogen and oxygen atoms in total. The van der Waals surface area contributed by atoms with Crippen molar-refractivity contribution in [2.24, 2.45) is 0 Å². The molecule has 1 unspecified atom stereocenters. The summed E-state index contributed by atoms with van der Waals surface area (Å²) in [6, 6.07) is 7.73. The largest absolute Gasteiger partial charge is 0.381 e. The van der Waals surface area contributed by atoms with E-state index >= 15 is 0 Å². The summed E-state index contributed by atoms with van der Waals surface area (Å²) in [7, 11) is 0. The third-order valence-electron chi connectivity index (χ3n) is 3.15. The maximum Gasteiger partial charge on any atom is 0.125 e. The fourth-order valence-corrected chi connectivity index (χ4v) is 2.19. The topological polar surface area (TPSA) is 15.3 Å². The summed E-state index contributed by atoms with van der Waals surface area (Å²) in [4.78, 5) is 2.44. The highest BCUT2D eigenvalue weighted by atomic mass is 19.1. The van der Waals surface area contributed by atoms with Crippen molar-refractivity contribution in [3.8, 4) is 0 Å². The molecule has 1 aromatic rings. The molecule has 0 radical (unpaired) electrons. The predicted molar refractivity (Wildman–Crippen MR) is 65.1 cm³/mol. The summed E-state index contributed by atoms with van der Waals surface area (Å²) in [5, 5.41) is 3.38. The lowest BCUT2D eigenvalue weighted by molar-refractivity contribution is 0.274. The molecule has 1 heterocycles. The van der Waals surface area contributed by atoms with Crippen LogP contribution < -0.4 is 5.32 Å². The Hall–Kier alpha value is -1.09. The first-order valence-corrected chi connectivity index (χ1v) is 5.91. The average Bonchev–Trinajstić information content (AvgIpc) is 2.66. The van der Waals surface area contributed by atoms with Gasteiger partial charge < -0.3 is 5.32 Å². The molecule has 0 bridgehead atoms. The van der Waals surface area contributed by atoms with E-state index in [2.05, 4.69) is 24.1 Å². The van der Waals surface area contributed by atoms with Crippen molar-refractivity contribution < 1.29 is 4.39 Å². The second-order valence-corrected chi connectivity index (χ2v) is 4.73. The molecule has 1 aliphatic heterocycles. The van der Waals surface area contributed by atoms with Crippen molar-refractivity contribution in [2.45, 2.75) is 32.4 Å². The number of benzene rings is 1. The summed E-state index contributed by atoms with van der Waals surface area (Å²) in [6.45, 7) is 6.61. The normalized spacial score (nSPS) is 21.6. The van der Waals surface area contributed by atoms with Crippen molar-refractivity contribution in [1.29, 1.82) is 0 Å². The molecule has 0 aliphatic carbocycles. The number of nitrogens with zero attached hydrogens (tertiary/aromatic N) is 1. The Kier molecular flexibility index (Phi) is 3.44. The van der Waals surface area contributed by atoms with Crippen molar-refractivity contribution in [3.63, 3.8) is 0 Å². The summed E-state index contributed by atoms with van der Waals surface area (Å²) < 4.78 is 13.0. The third kappa shape index (κ3) is 2.73. The SMILES string of the molecule is CC(C)N1CCC(Nc2cccc(F)c2)C1. The van der Waals surface area contributed by atoms with Gasteiger partial charge in [-0.3, -0.25) is 4.90 Å². The molecule has 0 saturated carbocycles. The fourth-order valence-electron chi connectivity index (χ4n) is 2.19. The number of likely N-dealkylation sites (tertiary alicyclic amines) is 1. The molecule has 1 aromatic carbocycles. The second-order valence-electron chi connectivity index (χ2n) is 4.73. The summed E-state index contributed by atoms with van der Waals surface area (Å²) in [5.41, 5.74) is 0.885. The van der Waals surface area contributed by atoms with Crippen LogP contribution in [0.15, 0.2) is 24.3 Å². The first kappa shape index (κ1) is 11.4. The van der Waals surface area contributed by atoms with Gasteiger partial charge in [-0.15, -0.1) is 0 Å². The predicted octanol–water partition coefficient (Wildman–Crippen LogP) is 2.72. The number of nitrogens with one attached hydrogen (secondary N) is 1. The standard InChI is InChI=1S/C13H19FN2/c1-10(2)16-7-6-13(9-16)15-12-5-3-4-11(14)8-12/h3-5,8,10,13,15H,6-7,9H2,1-2H3. The van der Waals surface area contributed by atoms with Crippen LogP contribution in [0.4, 0.5) is 10.1 Å². The van der Waals surface area contributed by atoms with Crippen molar-refractivity contribution in [2.75, 3.05) is 18.4 Å². The smallest absolute Gasteiger partial charge is 0.125 e. The molecule has 1 saturated heterocycles. The first-order valence-electron chi connectivity index (χ1n) is 5.91. The van der Waals surface area contributed by atoms with E-state index in [0.29, 0.717) is 12.1 Å². The number of anilines is 1. The minimum atomic E-state index is -0.177. The van der Waals surface area contributed by atoms with Crippen LogP contribution >= 0.6 is 0 Å². The zero-order valence-corrected chi connectivity index (χ0v) is 9.91. The Labute approximate surface area is 96.5 Å². The molecule has 0 amide bonds. The maximum absolute atomic E-state index is 13.0. The monoisotopic (exact) mass is 222 g/mol. The highest BCUT2D eigenvalue weighted by Gasteiger charge is 2.23. The third-order valence-corrected chi connectivity index (χ3v) is 3.15. The van der Waals surface area contributed by atoms with E-state index in [4.69, 9.17) is 0 Å². The lowest BCUT2D eigenvalue weighted by atomic mass is 10.2. The summed E-state index contributed by atoms with van der Waals surface area (Å²) in [5.74, 6) is -0.177. The molecule has 0 aromatic heterocycles. The molecule has 0 spiro atoms. The lowest BCUT2D eigenvalue weighted by Crippen LogP contribution is -2.31. The molecule has 1 N–H and O–H groups in total. The Balaban J connectivity index is 1.92. The highest BCUT2D eigenvalue weighted by molar-refractivity contribution is 5.44. The van der Waals surface area contributed by atoms with Gasteiger partial charge in [0.2, 0.25) is 0 Å². The van der Waals surface area contributed by atoms with Gasteiger partial charge in [-0.25, -0.2) is 4.39 Å². The van der Waals surface area contributed by atoms with Crippen LogP contribution in [0, 0.1) is 5.82 Å². The van der Waals surface area contributed by atoms with Crippen molar-refractivity contribution in [3.05, 3.63) is 30.1 Å². The van der Waals surface area contributed by atoms with Gasteiger partial charge in [0, 0.05) is 30.9 Å². The minimum Gasteiger partial charge on any atom is -0.381 e. The molecule has 1 atom stereocenters. The quantitative estimate of drug-likeness (QED) is 0.846. The van der Waals surface area contributed by atoms with Crippen molar-refractivity contribution in [1.82, 2.24) is 4.90 Å². The van der Waals surface area contributed by atoms with Gasteiger partial charge >= 0.3 is 0 Å². The molecule has 1 fully saturated rings. The van der Waals surface area contributed by atoms with Crippen LogP contribution in [-0.4, -0.2) is 30.1 Å². The van der Waals surface area contributed by atoms with Gasteiger partial charge in [-0.2, -0.15) is 0 Å². The summed E-state index contributed by atoms with van der Waals surface area (Å²) in [6.07, 6.45) is 1.13. The molecular weight excluding hydrogens is 203 g/mol. The van der Waals surface area contributed by atoms with Crippen LogP contribution in [0.3, 0.4) is 0 Å². The second kappa shape index (κ2) is 4.83. The van der Waals surface area contributed by atoms with Crippen LogP contribution in [0.2, 0.25) is 0 Å². The molecule has 2 rings (SSSR count). The maximum atomic E-state index is 13.0. The van der Waals surface area contributed by atoms with E-state index < -0.39 is 0 Å². The van der Waals surface area contributed by atoms with Gasteiger partial charge in [-0.1, -0.05) is 6.07 Å². The zero-order chi connectivity index (χ0) is 11.5. The number of rotatable bonds is 3.